The van der Waals surface area contributed by atoms with Crippen molar-refractivity contribution in [3.8, 4) is 0 Å². The summed E-state index contributed by atoms with van der Waals surface area (Å²) in [5.74, 6) is 0.722. The lowest BCUT2D eigenvalue weighted by Crippen LogP contribution is -2.48. The number of pyridine rings is 1. The molecule has 1 heterocycles. The number of nitrogens with one attached hydrogen (secondary N) is 3. The van der Waals surface area contributed by atoms with Crippen LogP contribution in [0.5, 0.6) is 0 Å². The first-order valence-electron chi connectivity index (χ1n) is 7.62. The number of aromatic nitrogens is 1. The highest BCUT2D eigenvalue weighted by molar-refractivity contribution is 14.0. The van der Waals surface area contributed by atoms with Crippen molar-refractivity contribution in [3.05, 3.63) is 30.1 Å². The first kappa shape index (κ1) is 21.6. The topological polar surface area (TPSA) is 78.4 Å². The standard InChI is InChI=1S/C16H27N5O.HI/c1-5-18-14(22)16(2,3)12-21-15(17-4)20-11-9-13-8-6-7-10-19-13;/h6-8,10H,5,9,11-12H2,1-4H3,(H,18,22)(H2,17,20,21);1H. The van der Waals surface area contributed by atoms with Gasteiger partial charge in [-0.2, -0.15) is 0 Å². The Balaban J connectivity index is 0.00000484. The van der Waals surface area contributed by atoms with Crippen LogP contribution >= 0.6 is 24.0 Å². The SMILES string of the molecule is CCNC(=O)C(C)(C)CNC(=NC)NCCc1ccccn1.I. The van der Waals surface area contributed by atoms with Crippen molar-refractivity contribution in [3.63, 3.8) is 0 Å². The summed E-state index contributed by atoms with van der Waals surface area (Å²) in [6.07, 6.45) is 2.61. The molecule has 0 bridgehead atoms. The molecule has 0 aliphatic carbocycles. The van der Waals surface area contributed by atoms with E-state index in [1.165, 1.54) is 0 Å². The summed E-state index contributed by atoms with van der Waals surface area (Å²) in [6.45, 7) is 7.62. The van der Waals surface area contributed by atoms with Gasteiger partial charge in [-0.1, -0.05) is 6.07 Å². The summed E-state index contributed by atoms with van der Waals surface area (Å²) in [4.78, 5) is 20.4. The lowest BCUT2D eigenvalue weighted by atomic mass is 9.92. The number of guanidine groups is 1. The molecule has 0 atom stereocenters. The predicted molar refractivity (Wildman–Crippen MR) is 105 cm³/mol. The molecular formula is C16H28IN5O. The average Bonchev–Trinajstić information content (AvgIpc) is 2.52. The molecule has 0 spiro atoms. The number of carbonyl (C=O) groups is 1. The molecule has 1 rings (SSSR count). The highest BCUT2D eigenvalue weighted by atomic mass is 127. The molecule has 0 saturated carbocycles. The van der Waals surface area contributed by atoms with Crippen LogP contribution in [-0.4, -0.2) is 43.5 Å². The third-order valence-corrected chi connectivity index (χ3v) is 3.27. The van der Waals surface area contributed by atoms with Crippen LogP contribution in [0.4, 0.5) is 0 Å². The number of aliphatic imine (C=N–C) groups is 1. The number of amides is 1. The van der Waals surface area contributed by atoms with E-state index in [0.717, 1.165) is 18.7 Å². The van der Waals surface area contributed by atoms with Crippen molar-refractivity contribution in [2.45, 2.75) is 27.2 Å². The van der Waals surface area contributed by atoms with Crippen molar-refractivity contribution in [1.82, 2.24) is 20.9 Å². The fraction of sp³-hybridized carbons (Fsp3) is 0.562. The Morgan fingerprint density at radius 3 is 2.57 bits per heavy atom. The van der Waals surface area contributed by atoms with Crippen LogP contribution in [0.25, 0.3) is 0 Å². The Hall–Kier alpha value is -1.38. The summed E-state index contributed by atoms with van der Waals surface area (Å²) < 4.78 is 0. The Kier molecular flexibility index (Phi) is 10.5. The number of rotatable bonds is 7. The van der Waals surface area contributed by atoms with Gasteiger partial charge in [-0.15, -0.1) is 24.0 Å². The molecule has 1 aromatic rings. The summed E-state index contributed by atoms with van der Waals surface area (Å²) in [5, 5.41) is 9.27. The van der Waals surface area contributed by atoms with Crippen molar-refractivity contribution < 1.29 is 4.79 Å². The zero-order valence-electron chi connectivity index (χ0n) is 14.3. The summed E-state index contributed by atoms with van der Waals surface area (Å²) in [5.41, 5.74) is 0.544. The van der Waals surface area contributed by atoms with Gasteiger partial charge in [0.25, 0.3) is 0 Å². The minimum absolute atomic E-state index is 0. The molecule has 0 unspecified atom stereocenters. The molecule has 6 nitrogen and oxygen atoms in total. The normalized spacial score (nSPS) is 11.4. The van der Waals surface area contributed by atoms with Gasteiger partial charge in [-0.05, 0) is 32.9 Å². The Morgan fingerprint density at radius 2 is 2.00 bits per heavy atom. The molecule has 7 heteroatoms. The van der Waals surface area contributed by atoms with E-state index in [-0.39, 0.29) is 29.9 Å². The van der Waals surface area contributed by atoms with Crippen molar-refractivity contribution in [1.29, 1.82) is 0 Å². The molecular weight excluding hydrogens is 405 g/mol. The first-order chi connectivity index (χ1) is 10.5. The smallest absolute Gasteiger partial charge is 0.227 e. The lowest BCUT2D eigenvalue weighted by molar-refractivity contribution is -0.128. The fourth-order valence-corrected chi connectivity index (χ4v) is 1.86. The third-order valence-electron chi connectivity index (χ3n) is 3.27. The van der Waals surface area contributed by atoms with Gasteiger partial charge in [-0.25, -0.2) is 0 Å². The lowest BCUT2D eigenvalue weighted by Gasteiger charge is -2.24. The zero-order chi connectivity index (χ0) is 16.4. The second kappa shape index (κ2) is 11.2. The first-order valence-corrected chi connectivity index (χ1v) is 7.62. The second-order valence-corrected chi connectivity index (χ2v) is 5.67. The van der Waals surface area contributed by atoms with E-state index in [1.54, 1.807) is 13.2 Å². The van der Waals surface area contributed by atoms with Crippen molar-refractivity contribution in [2.75, 3.05) is 26.7 Å². The van der Waals surface area contributed by atoms with Crippen LogP contribution in [0.1, 0.15) is 26.5 Å². The van der Waals surface area contributed by atoms with E-state index >= 15 is 0 Å². The minimum atomic E-state index is -0.491. The van der Waals surface area contributed by atoms with Crippen LogP contribution in [0.2, 0.25) is 0 Å². The zero-order valence-corrected chi connectivity index (χ0v) is 16.7. The van der Waals surface area contributed by atoms with Crippen LogP contribution in [0, 0.1) is 5.41 Å². The van der Waals surface area contributed by atoms with E-state index in [2.05, 4.69) is 25.9 Å². The molecule has 0 saturated heterocycles. The number of nitrogens with zero attached hydrogens (tertiary/aromatic N) is 2. The van der Waals surface area contributed by atoms with Gasteiger partial charge in [0.1, 0.15) is 0 Å². The molecule has 0 radical (unpaired) electrons. The number of hydrogen-bond acceptors (Lipinski definition) is 3. The fourth-order valence-electron chi connectivity index (χ4n) is 1.86. The molecule has 23 heavy (non-hydrogen) atoms. The van der Waals surface area contributed by atoms with Crippen LogP contribution in [0.15, 0.2) is 29.4 Å². The number of hydrogen-bond donors (Lipinski definition) is 3. The molecule has 130 valence electrons. The van der Waals surface area contributed by atoms with Gasteiger partial charge < -0.3 is 16.0 Å². The maximum Gasteiger partial charge on any atom is 0.227 e. The number of carbonyl (C=O) groups excluding carboxylic acids is 1. The number of halogens is 1. The van der Waals surface area contributed by atoms with E-state index in [1.807, 2.05) is 39.0 Å². The largest absolute Gasteiger partial charge is 0.356 e. The molecule has 0 aliphatic rings. The summed E-state index contributed by atoms with van der Waals surface area (Å²) in [6, 6.07) is 5.88. The van der Waals surface area contributed by atoms with Gasteiger partial charge in [-0.3, -0.25) is 14.8 Å². The predicted octanol–water partition coefficient (Wildman–Crippen LogP) is 1.57. The average molecular weight is 433 g/mol. The molecule has 0 fully saturated rings. The quantitative estimate of drug-likeness (QED) is 0.347. The highest BCUT2D eigenvalue weighted by Gasteiger charge is 2.27. The molecule has 1 amide bonds. The Morgan fingerprint density at radius 1 is 1.26 bits per heavy atom. The van der Waals surface area contributed by atoms with Gasteiger partial charge >= 0.3 is 0 Å². The molecule has 1 aromatic heterocycles. The molecule has 0 aliphatic heterocycles. The van der Waals surface area contributed by atoms with Gasteiger partial charge in [0.05, 0.1) is 5.41 Å². The summed E-state index contributed by atoms with van der Waals surface area (Å²) in [7, 11) is 1.72. The highest BCUT2D eigenvalue weighted by Crippen LogP contribution is 2.13. The second-order valence-electron chi connectivity index (χ2n) is 5.67. The van der Waals surface area contributed by atoms with Crippen LogP contribution in [0.3, 0.4) is 0 Å². The maximum atomic E-state index is 11.9. The van der Waals surface area contributed by atoms with E-state index in [0.29, 0.717) is 19.0 Å². The van der Waals surface area contributed by atoms with Crippen molar-refractivity contribution in [2.24, 2.45) is 10.4 Å². The van der Waals surface area contributed by atoms with E-state index in [9.17, 15) is 4.79 Å². The van der Waals surface area contributed by atoms with E-state index in [4.69, 9.17) is 0 Å². The monoisotopic (exact) mass is 433 g/mol. The Labute approximate surface area is 156 Å². The molecule has 3 N–H and O–H groups in total. The van der Waals surface area contributed by atoms with Gasteiger partial charge in [0.2, 0.25) is 5.91 Å². The third kappa shape index (κ3) is 8.15. The Bertz CT molecular complexity index is 491. The van der Waals surface area contributed by atoms with E-state index < -0.39 is 5.41 Å². The van der Waals surface area contributed by atoms with Gasteiger partial charge in [0, 0.05) is 45.0 Å². The van der Waals surface area contributed by atoms with Crippen LogP contribution in [-0.2, 0) is 11.2 Å². The van der Waals surface area contributed by atoms with Crippen molar-refractivity contribution >= 4 is 35.8 Å². The summed E-state index contributed by atoms with van der Waals surface area (Å²) >= 11 is 0. The van der Waals surface area contributed by atoms with Crippen LogP contribution < -0.4 is 16.0 Å². The molecule has 0 aromatic carbocycles. The maximum absolute atomic E-state index is 11.9. The van der Waals surface area contributed by atoms with Gasteiger partial charge in [0.15, 0.2) is 5.96 Å². The minimum Gasteiger partial charge on any atom is -0.356 e.